The van der Waals surface area contributed by atoms with Crippen molar-refractivity contribution in [1.82, 2.24) is 10.4 Å². The largest absolute Gasteiger partial charge is 0.382 e. The van der Waals surface area contributed by atoms with Crippen LogP contribution in [0.5, 0.6) is 0 Å². The first-order valence-corrected chi connectivity index (χ1v) is 9.55. The highest BCUT2D eigenvalue weighted by molar-refractivity contribution is 6.30. The molecule has 1 saturated heterocycles. The van der Waals surface area contributed by atoms with Gasteiger partial charge in [0, 0.05) is 36.4 Å². The van der Waals surface area contributed by atoms with E-state index in [1.54, 1.807) is 4.90 Å². The fraction of sp³-hybridized carbons (Fsp3) is 0.579. The van der Waals surface area contributed by atoms with Crippen molar-refractivity contribution < 1.29 is 19.9 Å². The van der Waals surface area contributed by atoms with Crippen LogP contribution in [0.3, 0.4) is 0 Å². The average molecular weight is 398 g/mol. The van der Waals surface area contributed by atoms with Gasteiger partial charge >= 0.3 is 0 Å². The lowest BCUT2D eigenvalue weighted by Crippen LogP contribution is -2.57. The second-order valence-electron chi connectivity index (χ2n) is 7.46. The Balaban J connectivity index is 2.10. The maximum atomic E-state index is 13.1. The third-order valence-electron chi connectivity index (χ3n) is 4.90. The average Bonchev–Trinajstić information content (AvgIpc) is 2.64. The van der Waals surface area contributed by atoms with Crippen molar-refractivity contribution in [2.75, 3.05) is 24.5 Å². The summed E-state index contributed by atoms with van der Waals surface area (Å²) >= 11 is 5.94. The molecule has 0 saturated carbocycles. The van der Waals surface area contributed by atoms with Crippen LogP contribution >= 0.6 is 11.6 Å². The van der Waals surface area contributed by atoms with Crippen LogP contribution in [-0.2, 0) is 9.59 Å². The summed E-state index contributed by atoms with van der Waals surface area (Å²) in [5, 5.41) is 19.7. The smallest absolute Gasteiger partial charge is 0.272 e. The van der Waals surface area contributed by atoms with E-state index in [9.17, 15) is 14.7 Å². The third kappa shape index (κ3) is 5.34. The fourth-order valence-electron chi connectivity index (χ4n) is 3.51. The number of hydroxylamine groups is 1. The molecule has 0 aromatic heterocycles. The fourth-order valence-corrected chi connectivity index (χ4v) is 3.63. The summed E-state index contributed by atoms with van der Waals surface area (Å²) in [5.41, 5.74) is 2.48. The van der Waals surface area contributed by atoms with Gasteiger partial charge in [0.05, 0.1) is 5.92 Å². The molecule has 1 aliphatic heterocycles. The zero-order chi connectivity index (χ0) is 20.1. The van der Waals surface area contributed by atoms with E-state index in [1.165, 1.54) is 5.48 Å². The summed E-state index contributed by atoms with van der Waals surface area (Å²) in [6.07, 6.45) is -1.22. The van der Waals surface area contributed by atoms with Crippen LogP contribution in [0.4, 0.5) is 5.69 Å². The van der Waals surface area contributed by atoms with Crippen molar-refractivity contribution in [3.63, 3.8) is 0 Å². The van der Waals surface area contributed by atoms with Crippen LogP contribution in [0, 0.1) is 11.8 Å². The zero-order valence-corrected chi connectivity index (χ0v) is 16.7. The Morgan fingerprint density at radius 3 is 2.41 bits per heavy atom. The van der Waals surface area contributed by atoms with E-state index in [-0.39, 0.29) is 17.9 Å². The number of carbonyl (C=O) groups is 2. The number of hydrogen-bond donors (Lipinski definition) is 3. The number of aliphatic hydroxyl groups excluding tert-OH is 1. The molecule has 0 unspecified atom stereocenters. The molecule has 150 valence electrons. The third-order valence-corrected chi connectivity index (χ3v) is 5.16. The Morgan fingerprint density at radius 1 is 1.26 bits per heavy atom. The van der Waals surface area contributed by atoms with Gasteiger partial charge in [-0.2, -0.15) is 0 Å². The molecular formula is C19H28ClN3O4. The SMILES string of the molecule is CC(C)C[C@H](C(=O)N1CCN(c2ccc(Cl)cc2)C[C@H]1C)[C@H](O)C(=O)NO. The van der Waals surface area contributed by atoms with Gasteiger partial charge in [-0.25, -0.2) is 5.48 Å². The van der Waals surface area contributed by atoms with E-state index < -0.39 is 17.9 Å². The number of hydrogen-bond acceptors (Lipinski definition) is 5. The van der Waals surface area contributed by atoms with E-state index in [1.807, 2.05) is 45.0 Å². The lowest BCUT2D eigenvalue weighted by atomic mass is 9.89. The lowest BCUT2D eigenvalue weighted by Gasteiger charge is -2.42. The Bertz CT molecular complexity index is 653. The Hall–Kier alpha value is -1.83. The summed E-state index contributed by atoms with van der Waals surface area (Å²) in [7, 11) is 0. The molecule has 1 aromatic carbocycles. The highest BCUT2D eigenvalue weighted by atomic mass is 35.5. The van der Waals surface area contributed by atoms with Crippen LogP contribution in [0.25, 0.3) is 0 Å². The number of benzene rings is 1. The van der Waals surface area contributed by atoms with E-state index >= 15 is 0 Å². The normalized spacial score (nSPS) is 19.7. The Morgan fingerprint density at radius 2 is 1.89 bits per heavy atom. The van der Waals surface area contributed by atoms with Gasteiger partial charge in [0.1, 0.15) is 6.10 Å². The predicted octanol–water partition coefficient (Wildman–Crippen LogP) is 1.91. The Labute approximate surface area is 164 Å². The molecule has 1 aromatic rings. The molecule has 27 heavy (non-hydrogen) atoms. The molecule has 7 nitrogen and oxygen atoms in total. The zero-order valence-electron chi connectivity index (χ0n) is 15.9. The molecule has 2 amide bonds. The van der Waals surface area contributed by atoms with Crippen molar-refractivity contribution >= 4 is 29.1 Å². The van der Waals surface area contributed by atoms with E-state index in [0.717, 1.165) is 5.69 Å². The molecule has 1 heterocycles. The second kappa shape index (κ2) is 9.39. The molecule has 2 rings (SSSR count). The Kier molecular flexibility index (Phi) is 7.47. The van der Waals surface area contributed by atoms with Crippen molar-refractivity contribution in [2.45, 2.75) is 39.3 Å². The first kappa shape index (κ1) is 21.5. The van der Waals surface area contributed by atoms with Gasteiger partial charge in [-0.05, 0) is 43.5 Å². The predicted molar refractivity (Wildman–Crippen MR) is 104 cm³/mol. The number of nitrogens with one attached hydrogen (secondary N) is 1. The minimum Gasteiger partial charge on any atom is -0.382 e. The number of nitrogens with zero attached hydrogens (tertiary/aromatic N) is 2. The maximum absolute atomic E-state index is 13.1. The van der Waals surface area contributed by atoms with E-state index in [2.05, 4.69) is 4.90 Å². The molecule has 1 aliphatic rings. The minimum atomic E-state index is -1.58. The van der Waals surface area contributed by atoms with Gasteiger partial charge in [-0.15, -0.1) is 0 Å². The number of piperazine rings is 1. The number of rotatable bonds is 6. The monoisotopic (exact) mass is 397 g/mol. The number of halogens is 1. The van der Waals surface area contributed by atoms with Gasteiger partial charge in [-0.1, -0.05) is 25.4 Å². The quantitative estimate of drug-likeness (QED) is 0.503. The summed E-state index contributed by atoms with van der Waals surface area (Å²) in [6, 6.07) is 7.48. The van der Waals surface area contributed by atoms with Gasteiger partial charge in [0.25, 0.3) is 5.91 Å². The van der Waals surface area contributed by atoms with Crippen LogP contribution in [0.15, 0.2) is 24.3 Å². The van der Waals surface area contributed by atoms with Crippen LogP contribution in [0.1, 0.15) is 27.2 Å². The number of aliphatic hydroxyl groups is 1. The summed E-state index contributed by atoms with van der Waals surface area (Å²) in [5.74, 6) is -1.99. The first-order chi connectivity index (χ1) is 12.7. The summed E-state index contributed by atoms with van der Waals surface area (Å²) in [4.78, 5) is 28.6. The van der Waals surface area contributed by atoms with Crippen molar-refractivity contribution in [3.8, 4) is 0 Å². The first-order valence-electron chi connectivity index (χ1n) is 9.17. The standard InChI is InChI=1S/C19H28ClN3O4/c1-12(2)10-16(17(24)18(25)21-27)19(26)23-9-8-22(11-13(23)3)15-6-4-14(20)5-7-15/h4-7,12-13,16-17,24,27H,8-11H2,1-3H3,(H,21,25)/t13-,16+,17+/m1/s1. The summed E-state index contributed by atoms with van der Waals surface area (Å²) in [6.45, 7) is 7.57. The number of anilines is 1. The molecule has 8 heteroatoms. The molecule has 0 spiro atoms. The lowest BCUT2D eigenvalue weighted by molar-refractivity contribution is -0.152. The molecule has 0 aliphatic carbocycles. The molecule has 1 fully saturated rings. The van der Waals surface area contributed by atoms with Crippen molar-refractivity contribution in [3.05, 3.63) is 29.3 Å². The van der Waals surface area contributed by atoms with Crippen LogP contribution in [-0.4, -0.2) is 58.8 Å². The number of carbonyl (C=O) groups excluding carboxylic acids is 2. The van der Waals surface area contributed by atoms with E-state index in [0.29, 0.717) is 31.1 Å². The second-order valence-corrected chi connectivity index (χ2v) is 7.90. The van der Waals surface area contributed by atoms with Crippen LogP contribution in [0.2, 0.25) is 5.02 Å². The van der Waals surface area contributed by atoms with Gasteiger partial charge < -0.3 is 14.9 Å². The van der Waals surface area contributed by atoms with Gasteiger partial charge in [0.2, 0.25) is 5.91 Å². The molecule has 0 radical (unpaired) electrons. The summed E-state index contributed by atoms with van der Waals surface area (Å²) < 4.78 is 0. The van der Waals surface area contributed by atoms with Gasteiger partial charge in [-0.3, -0.25) is 14.8 Å². The molecule has 3 atom stereocenters. The molecule has 0 bridgehead atoms. The van der Waals surface area contributed by atoms with Crippen LogP contribution < -0.4 is 10.4 Å². The highest BCUT2D eigenvalue weighted by Crippen LogP contribution is 2.25. The highest BCUT2D eigenvalue weighted by Gasteiger charge is 2.38. The molecule has 3 N–H and O–H groups in total. The maximum Gasteiger partial charge on any atom is 0.272 e. The van der Waals surface area contributed by atoms with Gasteiger partial charge in [0.15, 0.2) is 0 Å². The number of amides is 2. The minimum absolute atomic E-state index is 0.0824. The van der Waals surface area contributed by atoms with Crippen molar-refractivity contribution in [2.24, 2.45) is 11.8 Å². The van der Waals surface area contributed by atoms with Crippen molar-refractivity contribution in [1.29, 1.82) is 0 Å². The topological polar surface area (TPSA) is 93.1 Å². The van der Waals surface area contributed by atoms with E-state index in [4.69, 9.17) is 16.8 Å². The molecular weight excluding hydrogens is 370 g/mol.